The molecule has 1 aromatic carbocycles. The molecular formula is C7H2BrClFNO. The van der Waals surface area contributed by atoms with Crippen LogP contribution in [0.15, 0.2) is 21.0 Å². The van der Waals surface area contributed by atoms with Crippen molar-refractivity contribution in [2.75, 3.05) is 0 Å². The third kappa shape index (κ3) is 1.21. The second kappa shape index (κ2) is 2.71. The van der Waals surface area contributed by atoms with Gasteiger partial charge >= 0.3 is 0 Å². The Hall–Kier alpha value is -0.610. The Labute approximate surface area is 80.5 Å². The predicted octanol–water partition coefficient (Wildman–Crippen LogP) is 3.38. The third-order valence-electron chi connectivity index (χ3n) is 1.40. The van der Waals surface area contributed by atoms with Gasteiger partial charge in [-0.15, -0.1) is 0 Å². The van der Waals surface area contributed by atoms with Gasteiger partial charge in [-0.1, -0.05) is 0 Å². The Balaban J connectivity index is 2.83. The lowest BCUT2D eigenvalue weighted by atomic mass is 10.3. The second-order valence-electron chi connectivity index (χ2n) is 2.20. The van der Waals surface area contributed by atoms with Crippen molar-refractivity contribution in [2.24, 2.45) is 0 Å². The molecule has 2 nitrogen and oxygen atoms in total. The molecule has 0 atom stereocenters. The zero-order valence-corrected chi connectivity index (χ0v) is 7.99. The zero-order valence-electron chi connectivity index (χ0n) is 5.64. The molecule has 0 N–H and O–H groups in total. The topological polar surface area (TPSA) is 26.0 Å². The highest BCUT2D eigenvalue weighted by Crippen LogP contribution is 2.25. The molecule has 62 valence electrons. The van der Waals surface area contributed by atoms with Crippen LogP contribution in [0.3, 0.4) is 0 Å². The van der Waals surface area contributed by atoms with E-state index in [1.165, 1.54) is 12.1 Å². The summed E-state index contributed by atoms with van der Waals surface area (Å²) in [6.07, 6.45) is 0. The standard InChI is InChI=1S/C7H2BrClFNO/c8-3-1-5-6(2-4(3)10)12-7(9)11-5/h1-2H. The number of hydrogen-bond donors (Lipinski definition) is 0. The van der Waals surface area contributed by atoms with Crippen molar-refractivity contribution in [3.63, 3.8) is 0 Å². The summed E-state index contributed by atoms with van der Waals surface area (Å²) < 4.78 is 18.1. The average Bonchev–Trinajstić information content (AvgIpc) is 2.30. The highest BCUT2D eigenvalue weighted by molar-refractivity contribution is 9.10. The number of benzene rings is 1. The number of nitrogens with zero attached hydrogens (tertiary/aromatic N) is 1. The fourth-order valence-corrected chi connectivity index (χ4v) is 1.40. The van der Waals surface area contributed by atoms with Gasteiger partial charge in [0.15, 0.2) is 5.58 Å². The molecule has 0 unspecified atom stereocenters. The largest absolute Gasteiger partial charge is 0.427 e. The van der Waals surface area contributed by atoms with Crippen LogP contribution in [0.4, 0.5) is 4.39 Å². The van der Waals surface area contributed by atoms with Crippen molar-refractivity contribution in [1.82, 2.24) is 4.98 Å². The number of rotatable bonds is 0. The molecule has 5 heteroatoms. The fourth-order valence-electron chi connectivity index (χ4n) is 0.895. The molecule has 0 bridgehead atoms. The molecule has 0 amide bonds. The van der Waals surface area contributed by atoms with Crippen molar-refractivity contribution in [3.05, 3.63) is 27.8 Å². The third-order valence-corrected chi connectivity index (χ3v) is 2.17. The van der Waals surface area contributed by atoms with Crippen LogP contribution in [0, 0.1) is 5.82 Å². The van der Waals surface area contributed by atoms with Gasteiger partial charge in [0.25, 0.3) is 5.35 Å². The highest BCUT2D eigenvalue weighted by atomic mass is 79.9. The molecule has 0 aliphatic rings. The highest BCUT2D eigenvalue weighted by Gasteiger charge is 2.07. The van der Waals surface area contributed by atoms with Crippen LogP contribution in [0.5, 0.6) is 0 Å². The lowest BCUT2D eigenvalue weighted by Crippen LogP contribution is -1.76. The SMILES string of the molecule is Fc1cc2oc(Cl)nc2cc1Br. The molecule has 1 heterocycles. The van der Waals surface area contributed by atoms with Gasteiger partial charge in [-0.25, -0.2) is 4.39 Å². The average molecular weight is 250 g/mol. The van der Waals surface area contributed by atoms with E-state index < -0.39 is 5.82 Å². The molecular weight excluding hydrogens is 248 g/mol. The van der Waals surface area contributed by atoms with Gasteiger partial charge in [0.2, 0.25) is 0 Å². The van der Waals surface area contributed by atoms with E-state index in [9.17, 15) is 4.39 Å². The van der Waals surface area contributed by atoms with Gasteiger partial charge < -0.3 is 4.42 Å². The summed E-state index contributed by atoms with van der Waals surface area (Å²) in [5.41, 5.74) is 0.883. The van der Waals surface area contributed by atoms with Crippen LogP contribution >= 0.6 is 27.5 Å². The van der Waals surface area contributed by atoms with Crippen LogP contribution in [0.25, 0.3) is 11.1 Å². The van der Waals surface area contributed by atoms with Crippen LogP contribution < -0.4 is 0 Å². The molecule has 1 aromatic heterocycles. The zero-order chi connectivity index (χ0) is 8.72. The fraction of sp³-hybridized carbons (Fsp3) is 0. The van der Waals surface area contributed by atoms with Crippen molar-refractivity contribution in [2.45, 2.75) is 0 Å². The molecule has 2 rings (SSSR count). The Morgan fingerprint density at radius 3 is 3.00 bits per heavy atom. The summed E-state index contributed by atoms with van der Waals surface area (Å²) in [4.78, 5) is 3.82. The second-order valence-corrected chi connectivity index (χ2v) is 3.38. The first-order chi connectivity index (χ1) is 5.66. The molecule has 2 aromatic rings. The first-order valence-corrected chi connectivity index (χ1v) is 4.25. The van der Waals surface area contributed by atoms with E-state index in [0.29, 0.717) is 15.6 Å². The molecule has 0 spiro atoms. The Morgan fingerprint density at radius 2 is 2.25 bits per heavy atom. The normalized spacial score (nSPS) is 10.9. The van der Waals surface area contributed by atoms with E-state index in [0.717, 1.165) is 0 Å². The van der Waals surface area contributed by atoms with E-state index in [1.54, 1.807) is 0 Å². The maximum Gasteiger partial charge on any atom is 0.293 e. The maximum absolute atomic E-state index is 12.9. The van der Waals surface area contributed by atoms with Gasteiger partial charge in [-0.05, 0) is 33.6 Å². The molecule has 0 aliphatic carbocycles. The Morgan fingerprint density at radius 1 is 1.50 bits per heavy atom. The summed E-state index contributed by atoms with van der Waals surface area (Å²) in [5, 5.41) is 0.0162. The Kier molecular flexibility index (Phi) is 1.81. The molecule has 0 radical (unpaired) electrons. The molecule has 12 heavy (non-hydrogen) atoms. The van der Waals surface area contributed by atoms with Crippen molar-refractivity contribution < 1.29 is 8.81 Å². The summed E-state index contributed by atoms with van der Waals surface area (Å²) in [5.74, 6) is -0.393. The first-order valence-electron chi connectivity index (χ1n) is 3.08. The molecule has 0 aliphatic heterocycles. The van der Waals surface area contributed by atoms with Crippen LogP contribution in [-0.2, 0) is 0 Å². The van der Waals surface area contributed by atoms with Crippen LogP contribution in [0.1, 0.15) is 0 Å². The van der Waals surface area contributed by atoms with Crippen molar-refractivity contribution in [3.8, 4) is 0 Å². The number of aromatic nitrogens is 1. The summed E-state index contributed by atoms with van der Waals surface area (Å²) in [6.45, 7) is 0. The minimum Gasteiger partial charge on any atom is -0.427 e. The number of oxazole rings is 1. The van der Waals surface area contributed by atoms with Crippen molar-refractivity contribution >= 4 is 38.6 Å². The van der Waals surface area contributed by atoms with Gasteiger partial charge in [0.05, 0.1) is 4.47 Å². The Bertz CT molecular complexity index is 403. The van der Waals surface area contributed by atoms with Gasteiger partial charge in [0, 0.05) is 6.07 Å². The lowest BCUT2D eigenvalue weighted by Gasteiger charge is -1.90. The van der Waals surface area contributed by atoms with Gasteiger partial charge in [-0.3, -0.25) is 0 Å². The van der Waals surface area contributed by atoms with Gasteiger partial charge in [-0.2, -0.15) is 4.98 Å². The van der Waals surface area contributed by atoms with E-state index in [1.807, 2.05) is 0 Å². The predicted molar refractivity (Wildman–Crippen MR) is 46.7 cm³/mol. The van der Waals surface area contributed by atoms with E-state index >= 15 is 0 Å². The van der Waals surface area contributed by atoms with E-state index in [4.69, 9.17) is 16.0 Å². The molecule has 0 fully saturated rings. The van der Waals surface area contributed by atoms with Gasteiger partial charge in [0.1, 0.15) is 11.3 Å². The minimum atomic E-state index is -0.393. The van der Waals surface area contributed by atoms with Crippen molar-refractivity contribution in [1.29, 1.82) is 0 Å². The maximum atomic E-state index is 12.9. The van der Waals surface area contributed by atoms with Crippen LogP contribution in [0.2, 0.25) is 5.35 Å². The summed E-state index contributed by atoms with van der Waals surface area (Å²) in [7, 11) is 0. The quantitative estimate of drug-likeness (QED) is 0.716. The molecule has 0 saturated carbocycles. The molecule has 0 saturated heterocycles. The number of fused-ring (bicyclic) bond motifs is 1. The number of halogens is 3. The monoisotopic (exact) mass is 249 g/mol. The lowest BCUT2D eigenvalue weighted by molar-refractivity contribution is 0.590. The minimum absolute atomic E-state index is 0.0162. The van der Waals surface area contributed by atoms with E-state index in [2.05, 4.69) is 20.9 Å². The van der Waals surface area contributed by atoms with Crippen LogP contribution in [-0.4, -0.2) is 4.98 Å². The first kappa shape index (κ1) is 8.01. The summed E-state index contributed by atoms with van der Waals surface area (Å²) in [6, 6.07) is 2.75. The summed E-state index contributed by atoms with van der Waals surface area (Å²) >= 11 is 8.50. The smallest absolute Gasteiger partial charge is 0.293 e. The number of hydrogen-bond acceptors (Lipinski definition) is 2. The van der Waals surface area contributed by atoms with E-state index in [-0.39, 0.29) is 5.35 Å².